The van der Waals surface area contributed by atoms with Crippen LogP contribution in [0.2, 0.25) is 0 Å². The van der Waals surface area contributed by atoms with E-state index in [1.165, 1.54) is 12.1 Å². The Labute approximate surface area is 92.9 Å². The average Bonchev–Trinajstić information content (AvgIpc) is 2.20. The van der Waals surface area contributed by atoms with Crippen molar-refractivity contribution in [2.75, 3.05) is 0 Å². The quantitative estimate of drug-likeness (QED) is 0.777. The normalized spacial score (nSPS) is 10.2. The molecule has 0 unspecified atom stereocenters. The van der Waals surface area contributed by atoms with Gasteiger partial charge < -0.3 is 4.74 Å². The molecule has 0 spiro atoms. The van der Waals surface area contributed by atoms with Crippen molar-refractivity contribution in [1.82, 2.24) is 9.97 Å². The summed E-state index contributed by atoms with van der Waals surface area (Å²) in [6, 6.07) is 8.16. The minimum Gasteiger partial charge on any atom is -0.421 e. The molecule has 0 aliphatic heterocycles. The Morgan fingerprint density at radius 2 is 1.69 bits per heavy atom. The van der Waals surface area contributed by atoms with E-state index in [-0.39, 0.29) is 11.8 Å². The Hall–Kier alpha value is -1.97. The SMILES string of the molecule is Cc1cc(C)nc(Oc2ccccc2F)n1. The molecular formula is C12H11FN2O. The van der Waals surface area contributed by atoms with Gasteiger partial charge in [0.15, 0.2) is 11.6 Å². The number of ether oxygens (including phenoxy) is 1. The van der Waals surface area contributed by atoms with Crippen LogP contribution >= 0.6 is 0 Å². The highest BCUT2D eigenvalue weighted by Crippen LogP contribution is 2.21. The molecule has 0 atom stereocenters. The van der Waals surface area contributed by atoms with Crippen LogP contribution in [0.25, 0.3) is 0 Å². The second-order valence-corrected chi connectivity index (χ2v) is 3.47. The molecule has 0 saturated carbocycles. The van der Waals surface area contributed by atoms with Crippen molar-refractivity contribution in [2.24, 2.45) is 0 Å². The molecule has 16 heavy (non-hydrogen) atoms. The van der Waals surface area contributed by atoms with Crippen LogP contribution < -0.4 is 4.74 Å². The Bertz CT molecular complexity index is 494. The molecule has 82 valence electrons. The maximum Gasteiger partial charge on any atom is 0.322 e. The van der Waals surface area contributed by atoms with Crippen molar-refractivity contribution < 1.29 is 9.13 Å². The van der Waals surface area contributed by atoms with Gasteiger partial charge in [0.2, 0.25) is 0 Å². The minimum atomic E-state index is -0.426. The molecule has 4 heteroatoms. The van der Waals surface area contributed by atoms with Gasteiger partial charge in [0.25, 0.3) is 0 Å². The van der Waals surface area contributed by atoms with Gasteiger partial charge in [0.05, 0.1) is 0 Å². The Balaban J connectivity index is 2.30. The predicted octanol–water partition coefficient (Wildman–Crippen LogP) is 3.02. The molecule has 0 bridgehead atoms. The summed E-state index contributed by atoms with van der Waals surface area (Å²) in [6.45, 7) is 3.67. The van der Waals surface area contributed by atoms with Crippen LogP contribution in [0.3, 0.4) is 0 Å². The first-order chi connectivity index (χ1) is 7.65. The molecule has 0 radical (unpaired) electrons. The number of hydrogen-bond donors (Lipinski definition) is 0. The predicted molar refractivity (Wildman–Crippen MR) is 58.0 cm³/mol. The lowest BCUT2D eigenvalue weighted by Gasteiger charge is -2.05. The van der Waals surface area contributed by atoms with Crippen LogP contribution in [0.5, 0.6) is 11.8 Å². The van der Waals surface area contributed by atoms with Crippen molar-refractivity contribution in [3.8, 4) is 11.8 Å². The van der Waals surface area contributed by atoms with Crippen LogP contribution in [-0.4, -0.2) is 9.97 Å². The molecule has 1 aromatic heterocycles. The maximum absolute atomic E-state index is 13.3. The maximum atomic E-state index is 13.3. The van der Waals surface area contributed by atoms with E-state index in [1.807, 2.05) is 19.9 Å². The second kappa shape index (κ2) is 4.26. The fourth-order valence-corrected chi connectivity index (χ4v) is 1.37. The highest BCUT2D eigenvalue weighted by molar-refractivity contribution is 5.27. The van der Waals surface area contributed by atoms with Crippen LogP contribution in [0.1, 0.15) is 11.4 Å². The first kappa shape index (κ1) is 10.5. The molecule has 3 nitrogen and oxygen atoms in total. The summed E-state index contributed by atoms with van der Waals surface area (Å²) in [6.07, 6.45) is 0. The molecular weight excluding hydrogens is 207 g/mol. The first-order valence-electron chi connectivity index (χ1n) is 4.90. The summed E-state index contributed by atoms with van der Waals surface area (Å²) in [5.74, 6) is -0.294. The van der Waals surface area contributed by atoms with Gasteiger partial charge in [-0.25, -0.2) is 14.4 Å². The third kappa shape index (κ3) is 2.34. The second-order valence-electron chi connectivity index (χ2n) is 3.47. The number of rotatable bonds is 2. The van der Waals surface area contributed by atoms with E-state index >= 15 is 0 Å². The van der Waals surface area contributed by atoms with E-state index in [0.717, 1.165) is 11.4 Å². The highest BCUT2D eigenvalue weighted by atomic mass is 19.1. The molecule has 2 rings (SSSR count). The molecule has 2 aromatic rings. The van der Waals surface area contributed by atoms with Gasteiger partial charge in [0, 0.05) is 11.4 Å². The highest BCUT2D eigenvalue weighted by Gasteiger charge is 2.06. The van der Waals surface area contributed by atoms with Gasteiger partial charge in [-0.2, -0.15) is 0 Å². The monoisotopic (exact) mass is 218 g/mol. The largest absolute Gasteiger partial charge is 0.421 e. The molecule has 0 saturated heterocycles. The van der Waals surface area contributed by atoms with Gasteiger partial charge in [-0.05, 0) is 32.0 Å². The van der Waals surface area contributed by atoms with Crippen molar-refractivity contribution in [1.29, 1.82) is 0 Å². The molecule has 1 heterocycles. The van der Waals surface area contributed by atoms with Crippen LogP contribution in [0, 0.1) is 19.7 Å². The molecule has 0 aliphatic carbocycles. The van der Waals surface area contributed by atoms with E-state index in [9.17, 15) is 4.39 Å². The fraction of sp³-hybridized carbons (Fsp3) is 0.167. The smallest absolute Gasteiger partial charge is 0.322 e. The van der Waals surface area contributed by atoms with Crippen LogP contribution in [0.15, 0.2) is 30.3 Å². The summed E-state index contributed by atoms with van der Waals surface area (Å²) in [5.41, 5.74) is 1.58. The van der Waals surface area contributed by atoms with E-state index in [0.29, 0.717) is 0 Å². The lowest BCUT2D eigenvalue weighted by Crippen LogP contribution is -1.96. The van der Waals surface area contributed by atoms with Gasteiger partial charge in [0.1, 0.15) is 0 Å². The zero-order chi connectivity index (χ0) is 11.5. The third-order valence-corrected chi connectivity index (χ3v) is 2.00. The standard InChI is InChI=1S/C12H11FN2O/c1-8-7-9(2)15-12(14-8)16-11-6-4-3-5-10(11)13/h3-7H,1-2H3. The third-order valence-electron chi connectivity index (χ3n) is 2.00. The Kier molecular flexibility index (Phi) is 2.81. The number of benzene rings is 1. The van der Waals surface area contributed by atoms with Crippen molar-refractivity contribution in [3.63, 3.8) is 0 Å². The Morgan fingerprint density at radius 1 is 1.06 bits per heavy atom. The molecule has 0 aliphatic rings. The average molecular weight is 218 g/mol. The summed E-state index contributed by atoms with van der Waals surface area (Å²) in [4.78, 5) is 8.14. The van der Waals surface area contributed by atoms with Crippen molar-refractivity contribution in [3.05, 3.63) is 47.5 Å². The minimum absolute atomic E-state index is 0.132. The van der Waals surface area contributed by atoms with Gasteiger partial charge in [-0.3, -0.25) is 0 Å². The lowest BCUT2D eigenvalue weighted by molar-refractivity contribution is 0.409. The Morgan fingerprint density at radius 3 is 2.31 bits per heavy atom. The number of aryl methyl sites for hydroxylation is 2. The number of hydrogen-bond acceptors (Lipinski definition) is 3. The molecule has 0 N–H and O–H groups in total. The van der Waals surface area contributed by atoms with E-state index in [1.54, 1.807) is 12.1 Å². The molecule has 1 aromatic carbocycles. The summed E-state index contributed by atoms with van der Waals surface area (Å²) < 4.78 is 18.6. The van der Waals surface area contributed by atoms with E-state index in [4.69, 9.17) is 4.74 Å². The zero-order valence-corrected chi connectivity index (χ0v) is 9.07. The molecule has 0 amide bonds. The van der Waals surface area contributed by atoms with E-state index in [2.05, 4.69) is 9.97 Å². The van der Waals surface area contributed by atoms with Crippen molar-refractivity contribution >= 4 is 0 Å². The first-order valence-corrected chi connectivity index (χ1v) is 4.90. The van der Waals surface area contributed by atoms with Crippen LogP contribution in [-0.2, 0) is 0 Å². The number of aromatic nitrogens is 2. The number of nitrogens with zero attached hydrogens (tertiary/aromatic N) is 2. The summed E-state index contributed by atoms with van der Waals surface area (Å²) in [7, 11) is 0. The topological polar surface area (TPSA) is 35.0 Å². The molecule has 0 fully saturated rings. The summed E-state index contributed by atoms with van der Waals surface area (Å²) in [5, 5.41) is 0. The lowest BCUT2D eigenvalue weighted by atomic mass is 10.3. The van der Waals surface area contributed by atoms with Gasteiger partial charge >= 0.3 is 6.01 Å². The summed E-state index contributed by atoms with van der Waals surface area (Å²) >= 11 is 0. The van der Waals surface area contributed by atoms with E-state index < -0.39 is 5.82 Å². The number of halogens is 1. The number of para-hydroxylation sites is 1. The van der Waals surface area contributed by atoms with Gasteiger partial charge in [-0.1, -0.05) is 12.1 Å². The van der Waals surface area contributed by atoms with Crippen molar-refractivity contribution in [2.45, 2.75) is 13.8 Å². The fourth-order valence-electron chi connectivity index (χ4n) is 1.37. The van der Waals surface area contributed by atoms with Crippen LogP contribution in [0.4, 0.5) is 4.39 Å². The van der Waals surface area contributed by atoms with Gasteiger partial charge in [-0.15, -0.1) is 0 Å². The zero-order valence-electron chi connectivity index (χ0n) is 9.07.